The second-order valence-electron chi connectivity index (χ2n) is 5.64. The Kier molecular flexibility index (Phi) is 5.42. The average Bonchev–Trinajstić information content (AvgIpc) is 3.01. The molecule has 0 bridgehead atoms. The molecule has 0 amide bonds. The highest BCUT2D eigenvalue weighted by Gasteiger charge is 2.40. The minimum atomic E-state index is -0.965. The fraction of sp³-hybridized carbons (Fsp3) is 0.263. The van der Waals surface area contributed by atoms with E-state index in [2.05, 4.69) is 0 Å². The van der Waals surface area contributed by atoms with Crippen LogP contribution in [0.15, 0.2) is 60.7 Å². The lowest BCUT2D eigenvalue weighted by Gasteiger charge is -2.20. The van der Waals surface area contributed by atoms with Crippen molar-refractivity contribution in [2.45, 2.75) is 18.3 Å². The summed E-state index contributed by atoms with van der Waals surface area (Å²) in [6.45, 7) is -0.0994. The first-order chi connectivity index (χ1) is 12.1. The van der Waals surface area contributed by atoms with Crippen LogP contribution in [0.2, 0.25) is 0 Å². The van der Waals surface area contributed by atoms with Gasteiger partial charge in [0.1, 0.15) is 18.8 Å². The summed E-state index contributed by atoms with van der Waals surface area (Å²) in [5.74, 6) is -1.06. The Morgan fingerprint density at radius 1 is 0.960 bits per heavy atom. The minimum Gasteiger partial charge on any atom is -0.459 e. The summed E-state index contributed by atoms with van der Waals surface area (Å²) < 4.78 is 16.0. The summed E-state index contributed by atoms with van der Waals surface area (Å²) in [6.07, 6.45) is -2.57. The molecule has 6 nitrogen and oxygen atoms in total. The van der Waals surface area contributed by atoms with Crippen LogP contribution in [0.3, 0.4) is 0 Å². The summed E-state index contributed by atoms with van der Waals surface area (Å²) in [6, 6.07) is 17.0. The lowest BCUT2D eigenvalue weighted by Crippen LogP contribution is -2.38. The molecule has 6 heteroatoms. The summed E-state index contributed by atoms with van der Waals surface area (Å²) in [5, 5.41) is 9.99. The standard InChI is InChI=1S/C19H18O6/c20-15-11-23-16(12-24-18(21)13-7-3-1-4-8-13)17(15)25-19(22)14-9-5-2-6-10-14/h1-10,15-17,20H,11-12H2/t15-,16+,17-/m0/s1. The van der Waals surface area contributed by atoms with Gasteiger partial charge in [-0.1, -0.05) is 36.4 Å². The second kappa shape index (κ2) is 7.92. The highest BCUT2D eigenvalue weighted by Crippen LogP contribution is 2.20. The molecule has 2 aromatic rings. The molecule has 0 aliphatic carbocycles. The number of carbonyl (C=O) groups is 2. The molecule has 0 saturated carbocycles. The molecule has 1 fully saturated rings. The molecule has 2 aromatic carbocycles. The van der Waals surface area contributed by atoms with Gasteiger partial charge in [-0.25, -0.2) is 9.59 Å². The number of ether oxygens (including phenoxy) is 3. The van der Waals surface area contributed by atoms with Crippen molar-refractivity contribution in [3.63, 3.8) is 0 Å². The van der Waals surface area contributed by atoms with Gasteiger partial charge in [-0.3, -0.25) is 0 Å². The molecule has 0 unspecified atom stereocenters. The minimum absolute atomic E-state index is 0.0142. The molecule has 130 valence electrons. The number of rotatable bonds is 5. The van der Waals surface area contributed by atoms with Crippen LogP contribution >= 0.6 is 0 Å². The third-order valence-electron chi connectivity index (χ3n) is 3.87. The van der Waals surface area contributed by atoms with Crippen molar-refractivity contribution in [3.8, 4) is 0 Å². The lowest BCUT2D eigenvalue weighted by atomic mass is 10.1. The van der Waals surface area contributed by atoms with E-state index in [0.29, 0.717) is 11.1 Å². The van der Waals surface area contributed by atoms with Crippen LogP contribution in [0.5, 0.6) is 0 Å². The van der Waals surface area contributed by atoms with E-state index < -0.39 is 30.3 Å². The van der Waals surface area contributed by atoms with Crippen molar-refractivity contribution < 1.29 is 28.9 Å². The molecule has 3 atom stereocenters. The Morgan fingerprint density at radius 3 is 2.12 bits per heavy atom. The highest BCUT2D eigenvalue weighted by atomic mass is 16.6. The molecule has 1 N–H and O–H groups in total. The highest BCUT2D eigenvalue weighted by molar-refractivity contribution is 5.90. The zero-order chi connectivity index (χ0) is 17.6. The quantitative estimate of drug-likeness (QED) is 0.835. The van der Waals surface area contributed by atoms with Crippen molar-refractivity contribution >= 4 is 11.9 Å². The molecular weight excluding hydrogens is 324 g/mol. The largest absolute Gasteiger partial charge is 0.459 e. The summed E-state index contributed by atoms with van der Waals surface area (Å²) in [7, 11) is 0. The van der Waals surface area contributed by atoms with Crippen LogP contribution in [-0.4, -0.2) is 48.6 Å². The topological polar surface area (TPSA) is 82.1 Å². The zero-order valence-corrected chi connectivity index (χ0v) is 13.4. The molecule has 0 radical (unpaired) electrons. The Balaban J connectivity index is 1.59. The number of hydrogen-bond donors (Lipinski definition) is 1. The summed E-state index contributed by atoms with van der Waals surface area (Å²) >= 11 is 0. The zero-order valence-electron chi connectivity index (χ0n) is 13.4. The Bertz CT molecular complexity index is 715. The van der Waals surface area contributed by atoms with E-state index in [1.807, 2.05) is 0 Å². The Hall–Kier alpha value is -2.70. The predicted molar refractivity (Wildman–Crippen MR) is 88.1 cm³/mol. The van der Waals surface area contributed by atoms with Crippen LogP contribution in [0, 0.1) is 0 Å². The van der Waals surface area contributed by atoms with Gasteiger partial charge in [-0.2, -0.15) is 0 Å². The fourth-order valence-corrected chi connectivity index (χ4v) is 2.54. The summed E-state index contributed by atoms with van der Waals surface area (Å²) in [5.41, 5.74) is 0.792. The number of aliphatic hydroxyl groups is 1. The maximum absolute atomic E-state index is 12.2. The van der Waals surface area contributed by atoms with E-state index in [1.54, 1.807) is 60.7 Å². The van der Waals surface area contributed by atoms with E-state index in [0.717, 1.165) is 0 Å². The molecule has 0 spiro atoms. The van der Waals surface area contributed by atoms with Gasteiger partial charge in [0.05, 0.1) is 17.7 Å². The fourth-order valence-electron chi connectivity index (χ4n) is 2.54. The molecule has 1 heterocycles. The number of benzene rings is 2. The maximum atomic E-state index is 12.2. The first-order valence-electron chi connectivity index (χ1n) is 7.93. The third-order valence-corrected chi connectivity index (χ3v) is 3.87. The first-order valence-corrected chi connectivity index (χ1v) is 7.93. The van der Waals surface area contributed by atoms with E-state index >= 15 is 0 Å². The van der Waals surface area contributed by atoms with Crippen LogP contribution in [0.4, 0.5) is 0 Å². The smallest absolute Gasteiger partial charge is 0.338 e. The van der Waals surface area contributed by atoms with Crippen molar-refractivity contribution in [3.05, 3.63) is 71.8 Å². The van der Waals surface area contributed by atoms with Crippen molar-refractivity contribution in [2.75, 3.05) is 13.2 Å². The van der Waals surface area contributed by atoms with Gasteiger partial charge in [0.2, 0.25) is 0 Å². The van der Waals surface area contributed by atoms with Crippen molar-refractivity contribution in [1.29, 1.82) is 0 Å². The molecule has 0 aromatic heterocycles. The maximum Gasteiger partial charge on any atom is 0.338 e. The van der Waals surface area contributed by atoms with Crippen molar-refractivity contribution in [2.24, 2.45) is 0 Å². The predicted octanol–water partition coefficient (Wildman–Crippen LogP) is 1.83. The van der Waals surface area contributed by atoms with Crippen LogP contribution in [0.25, 0.3) is 0 Å². The molecular formula is C19H18O6. The Morgan fingerprint density at radius 2 is 1.52 bits per heavy atom. The number of aliphatic hydroxyl groups excluding tert-OH is 1. The average molecular weight is 342 g/mol. The number of hydrogen-bond acceptors (Lipinski definition) is 6. The van der Waals surface area contributed by atoms with Crippen LogP contribution in [0.1, 0.15) is 20.7 Å². The van der Waals surface area contributed by atoms with Gasteiger partial charge in [-0.15, -0.1) is 0 Å². The van der Waals surface area contributed by atoms with Gasteiger partial charge in [0.15, 0.2) is 6.10 Å². The third kappa shape index (κ3) is 4.23. The lowest BCUT2D eigenvalue weighted by molar-refractivity contribution is -0.0382. The number of esters is 2. The van der Waals surface area contributed by atoms with Crippen molar-refractivity contribution in [1.82, 2.24) is 0 Å². The number of carbonyl (C=O) groups excluding carboxylic acids is 2. The molecule has 1 aliphatic rings. The summed E-state index contributed by atoms with van der Waals surface area (Å²) in [4.78, 5) is 24.1. The normalized spacial score (nSPS) is 22.4. The molecule has 1 aliphatic heterocycles. The second-order valence-corrected chi connectivity index (χ2v) is 5.64. The van der Waals surface area contributed by atoms with E-state index in [4.69, 9.17) is 14.2 Å². The van der Waals surface area contributed by atoms with E-state index in [-0.39, 0.29) is 13.2 Å². The SMILES string of the molecule is O=C(OC[C@H]1OC[C@H](O)[C@@H]1OC(=O)c1ccccc1)c1ccccc1. The van der Waals surface area contributed by atoms with Gasteiger partial charge >= 0.3 is 11.9 Å². The van der Waals surface area contributed by atoms with Gasteiger partial charge in [-0.05, 0) is 24.3 Å². The molecule has 1 saturated heterocycles. The molecule has 3 rings (SSSR count). The van der Waals surface area contributed by atoms with E-state index in [9.17, 15) is 14.7 Å². The Labute approximate surface area is 144 Å². The first kappa shape index (κ1) is 17.1. The van der Waals surface area contributed by atoms with E-state index in [1.165, 1.54) is 0 Å². The monoisotopic (exact) mass is 342 g/mol. The van der Waals surface area contributed by atoms with Gasteiger partial charge in [0, 0.05) is 0 Å². The van der Waals surface area contributed by atoms with Crippen LogP contribution in [-0.2, 0) is 14.2 Å². The van der Waals surface area contributed by atoms with Gasteiger partial charge < -0.3 is 19.3 Å². The van der Waals surface area contributed by atoms with Gasteiger partial charge in [0.25, 0.3) is 0 Å². The van der Waals surface area contributed by atoms with Crippen LogP contribution < -0.4 is 0 Å². The molecule has 25 heavy (non-hydrogen) atoms.